The summed E-state index contributed by atoms with van der Waals surface area (Å²) in [4.78, 5) is 16.1. The van der Waals surface area contributed by atoms with E-state index in [1.54, 1.807) is 30.3 Å². The van der Waals surface area contributed by atoms with E-state index in [9.17, 15) is 23.4 Å². The fraction of sp³-hybridized carbons (Fsp3) is 0.295. The lowest BCUT2D eigenvalue weighted by Gasteiger charge is -2.39. The van der Waals surface area contributed by atoms with Crippen LogP contribution in [0.1, 0.15) is 65.2 Å². The molecule has 0 radical (unpaired) electrons. The molecule has 6 rings (SSSR count). The second-order valence-electron chi connectivity index (χ2n) is 14.2. The third-order valence-corrected chi connectivity index (χ3v) is 11.5. The Morgan fingerprint density at radius 2 is 1.51 bits per heavy atom. The molecule has 1 aliphatic heterocycles. The van der Waals surface area contributed by atoms with Crippen molar-refractivity contribution in [3.05, 3.63) is 167 Å². The third kappa shape index (κ3) is 10.5. The van der Waals surface area contributed by atoms with E-state index in [0.29, 0.717) is 24.2 Å². The summed E-state index contributed by atoms with van der Waals surface area (Å²) in [5, 5.41) is 23.7. The van der Waals surface area contributed by atoms with E-state index in [1.807, 2.05) is 112 Å². The normalized spacial score (nSPS) is 19.1. The van der Waals surface area contributed by atoms with Crippen molar-refractivity contribution in [2.24, 2.45) is 0 Å². The van der Waals surface area contributed by atoms with Crippen LogP contribution < -0.4 is 10.0 Å². The van der Waals surface area contributed by atoms with E-state index >= 15 is 0 Å². The number of nitrogens with one attached hydrogen (secondary N) is 2. The fourth-order valence-corrected chi connectivity index (χ4v) is 7.89. The third-order valence-electron chi connectivity index (χ3n) is 10.1. The van der Waals surface area contributed by atoms with Gasteiger partial charge in [-0.25, -0.2) is 8.42 Å². The minimum Gasteiger partial charge on any atom is -0.392 e. The van der Waals surface area contributed by atoms with Crippen molar-refractivity contribution in [3.63, 3.8) is 0 Å². The van der Waals surface area contributed by atoms with E-state index in [-0.39, 0.29) is 36.2 Å². The summed E-state index contributed by atoms with van der Waals surface area (Å²) in [5.41, 5.74) is 5.40. The van der Waals surface area contributed by atoms with Crippen LogP contribution >= 0.6 is 0 Å². The van der Waals surface area contributed by atoms with Gasteiger partial charge in [0.15, 0.2) is 6.29 Å². The summed E-state index contributed by atoms with van der Waals surface area (Å²) >= 11 is 0. The molecule has 5 aromatic carbocycles. The van der Waals surface area contributed by atoms with Gasteiger partial charge in [-0.1, -0.05) is 115 Å². The molecule has 10 nitrogen and oxygen atoms in total. The molecule has 1 heterocycles. The van der Waals surface area contributed by atoms with Crippen molar-refractivity contribution >= 4 is 21.6 Å². The van der Waals surface area contributed by atoms with Crippen molar-refractivity contribution in [2.75, 3.05) is 18.9 Å². The number of nitrogens with zero attached hydrogens (tertiary/aromatic N) is 1. The van der Waals surface area contributed by atoms with Gasteiger partial charge in [0.05, 0.1) is 29.8 Å². The Morgan fingerprint density at radius 1 is 0.836 bits per heavy atom. The quantitative estimate of drug-likeness (QED) is 0.0935. The van der Waals surface area contributed by atoms with Gasteiger partial charge in [-0.05, 0) is 73.8 Å². The van der Waals surface area contributed by atoms with E-state index in [0.717, 1.165) is 27.8 Å². The lowest BCUT2D eigenvalue weighted by molar-refractivity contribution is -0.253. The molecule has 1 aliphatic rings. The highest BCUT2D eigenvalue weighted by molar-refractivity contribution is 7.89. The number of carbonyl (C=O) groups excluding carboxylic acids is 1. The van der Waals surface area contributed by atoms with Crippen LogP contribution in [0.4, 0.5) is 5.69 Å². The van der Waals surface area contributed by atoms with Crippen molar-refractivity contribution in [1.82, 2.24) is 9.62 Å². The molecule has 1 saturated heterocycles. The minimum absolute atomic E-state index is 0.0648. The summed E-state index contributed by atoms with van der Waals surface area (Å²) in [6, 6.07) is 38.8. The first-order chi connectivity index (χ1) is 26.5. The number of aryl methyl sites for hydroxylation is 1. The molecule has 55 heavy (non-hydrogen) atoms. The molecule has 0 aromatic heterocycles. The zero-order valence-corrected chi connectivity index (χ0v) is 32.1. The predicted molar refractivity (Wildman–Crippen MR) is 212 cm³/mol. The number of ether oxygens (including phenoxy) is 2. The molecule has 6 atom stereocenters. The van der Waals surface area contributed by atoms with Gasteiger partial charge in [-0.2, -0.15) is 4.72 Å². The lowest BCUT2D eigenvalue weighted by Crippen LogP contribution is -2.45. The van der Waals surface area contributed by atoms with E-state index in [2.05, 4.69) is 14.9 Å². The van der Waals surface area contributed by atoms with E-state index < -0.39 is 34.4 Å². The van der Waals surface area contributed by atoms with Crippen molar-refractivity contribution in [2.45, 2.75) is 74.9 Å². The molecule has 0 aliphatic carbocycles. The fourth-order valence-electron chi connectivity index (χ4n) is 6.69. The first-order valence-electron chi connectivity index (χ1n) is 18.5. The number of anilines is 1. The number of carbonyl (C=O) groups is 1. The molecule has 1 amide bonds. The maximum Gasteiger partial charge on any atom is 0.242 e. The number of aliphatic hydroxyl groups excluding tert-OH is 2. The second-order valence-corrected chi connectivity index (χ2v) is 15.9. The number of aliphatic hydroxyl groups is 2. The summed E-state index contributed by atoms with van der Waals surface area (Å²) in [6.07, 6.45) is -1.45. The van der Waals surface area contributed by atoms with Crippen LogP contribution in [-0.4, -0.2) is 61.2 Å². The number of likely N-dealkylation sites (N-methyl/N-ethyl adjacent to an activating group) is 1. The van der Waals surface area contributed by atoms with Gasteiger partial charge in [0.2, 0.25) is 15.9 Å². The standard InChI is InChI=1S/C44H49N3O7S/c1-30-17-23-39(24-18-30)55(51,52)46-40(25-32-11-6-4-7-12-32)43(50)45-37-16-10-15-36(26-37)44-53-38(27-41(54-44)34-21-19-33(29-48)20-22-34)28-47(3)31(2)42(49)35-13-8-5-9-14-35/h4-24,26,31,38,40-42,44,46,48-49H,25,27-29H2,1-3H3,(H,45,50). The maximum atomic E-state index is 13.9. The number of hydrogen-bond donors (Lipinski definition) is 4. The van der Waals surface area contributed by atoms with Crippen molar-refractivity contribution in [3.8, 4) is 0 Å². The van der Waals surface area contributed by atoms with Crippen molar-refractivity contribution in [1.29, 1.82) is 0 Å². The van der Waals surface area contributed by atoms with Gasteiger partial charge in [0.25, 0.3) is 0 Å². The number of amides is 1. The topological polar surface area (TPSA) is 137 Å². The van der Waals surface area contributed by atoms with Crippen LogP contribution in [0.3, 0.4) is 0 Å². The molecular weight excluding hydrogens is 715 g/mol. The Bertz CT molecular complexity index is 2100. The summed E-state index contributed by atoms with van der Waals surface area (Å²) in [5.74, 6) is -0.519. The summed E-state index contributed by atoms with van der Waals surface area (Å²) < 4.78 is 42.7. The summed E-state index contributed by atoms with van der Waals surface area (Å²) in [6.45, 7) is 4.30. The van der Waals surface area contributed by atoms with Crippen LogP contribution in [0, 0.1) is 6.92 Å². The number of hydrogen-bond acceptors (Lipinski definition) is 8. The highest BCUT2D eigenvalue weighted by Crippen LogP contribution is 2.39. The van der Waals surface area contributed by atoms with Crippen LogP contribution in [0.5, 0.6) is 0 Å². The first kappa shape index (κ1) is 40.0. The lowest BCUT2D eigenvalue weighted by atomic mass is 9.98. The zero-order chi connectivity index (χ0) is 39.0. The van der Waals surface area contributed by atoms with Gasteiger partial charge in [-0.15, -0.1) is 0 Å². The Labute approximate surface area is 323 Å². The Morgan fingerprint density at radius 3 is 2.18 bits per heavy atom. The SMILES string of the molecule is Cc1ccc(S(=O)(=O)NC(Cc2ccccc2)C(=O)Nc2cccc(C3OC(CN(C)C(C)C(O)c4ccccc4)CC(c4ccc(CO)cc4)O3)c2)cc1. The Kier molecular flexibility index (Phi) is 13.3. The molecule has 0 bridgehead atoms. The van der Waals surface area contributed by atoms with Crippen LogP contribution in [-0.2, 0) is 37.3 Å². The highest BCUT2D eigenvalue weighted by Gasteiger charge is 2.34. The first-order valence-corrected chi connectivity index (χ1v) is 19.9. The smallest absolute Gasteiger partial charge is 0.242 e. The maximum absolute atomic E-state index is 13.9. The molecule has 0 spiro atoms. The molecule has 11 heteroatoms. The molecule has 1 fully saturated rings. The number of benzene rings is 5. The van der Waals surface area contributed by atoms with Crippen LogP contribution in [0.2, 0.25) is 0 Å². The van der Waals surface area contributed by atoms with Crippen LogP contribution in [0.25, 0.3) is 0 Å². The molecule has 4 N–H and O–H groups in total. The molecule has 288 valence electrons. The minimum atomic E-state index is -4.02. The molecule has 0 saturated carbocycles. The van der Waals surface area contributed by atoms with Gasteiger partial charge < -0.3 is 25.0 Å². The van der Waals surface area contributed by atoms with Crippen molar-refractivity contribution < 1.29 is 32.9 Å². The molecular formula is C44H49N3O7S. The highest BCUT2D eigenvalue weighted by atomic mass is 32.2. The molecule has 6 unspecified atom stereocenters. The molecule has 5 aromatic rings. The van der Waals surface area contributed by atoms with E-state index in [1.165, 1.54) is 12.1 Å². The van der Waals surface area contributed by atoms with Gasteiger partial charge >= 0.3 is 0 Å². The van der Waals surface area contributed by atoms with Crippen LogP contribution in [0.15, 0.2) is 138 Å². The average Bonchev–Trinajstić information content (AvgIpc) is 3.20. The van der Waals surface area contributed by atoms with E-state index in [4.69, 9.17) is 9.47 Å². The second kappa shape index (κ2) is 18.3. The predicted octanol–water partition coefficient (Wildman–Crippen LogP) is 6.61. The zero-order valence-electron chi connectivity index (χ0n) is 31.3. The number of rotatable bonds is 15. The number of sulfonamides is 1. The van der Waals surface area contributed by atoms with Gasteiger partial charge in [0, 0.05) is 30.3 Å². The Balaban J connectivity index is 1.22. The Hall–Kier alpha value is -4.72. The summed E-state index contributed by atoms with van der Waals surface area (Å²) in [7, 11) is -2.06. The van der Waals surface area contributed by atoms with Gasteiger partial charge in [-0.3, -0.25) is 9.69 Å². The largest absolute Gasteiger partial charge is 0.392 e. The average molecular weight is 764 g/mol. The monoisotopic (exact) mass is 763 g/mol. The van der Waals surface area contributed by atoms with Gasteiger partial charge in [0.1, 0.15) is 6.04 Å².